The van der Waals surface area contributed by atoms with Crippen molar-refractivity contribution in [1.29, 1.82) is 0 Å². The van der Waals surface area contributed by atoms with E-state index >= 15 is 0 Å². The Morgan fingerprint density at radius 3 is 0.500 bits per heavy atom. The molecule has 0 saturated heterocycles. The summed E-state index contributed by atoms with van der Waals surface area (Å²) in [5.41, 5.74) is 4.61. The van der Waals surface area contributed by atoms with Crippen molar-refractivity contribution in [3.8, 4) is 0 Å². The van der Waals surface area contributed by atoms with Crippen molar-refractivity contribution < 1.29 is 39.6 Å². The smallest absolute Gasteiger partial charge is 0.358 e. The maximum atomic E-state index is 2.47. The summed E-state index contributed by atoms with van der Waals surface area (Å²) in [6.45, 7) is 0. The topological polar surface area (TPSA) is 0 Å². The summed E-state index contributed by atoms with van der Waals surface area (Å²) in [5.74, 6) is 2.30. The third-order valence-corrected chi connectivity index (χ3v) is 18.0. The minimum atomic E-state index is 0. The molecule has 2 heteroatoms. The quantitative estimate of drug-likeness (QED) is 0.122. The molecule has 4 aliphatic rings. The summed E-state index contributed by atoms with van der Waals surface area (Å²) < 4.78 is 0. The Kier molecular flexibility index (Phi) is 21.9. The molecule has 4 aliphatic carbocycles. The molecule has 0 amide bonds. The van der Waals surface area contributed by atoms with Crippen molar-refractivity contribution in [2.75, 3.05) is 0 Å². The first-order valence-corrected chi connectivity index (χ1v) is 28.7. The number of hydrogen-bond acceptors (Lipinski definition) is 0. The van der Waals surface area contributed by atoms with Gasteiger partial charge in [-0.1, -0.05) is 271 Å². The van der Waals surface area contributed by atoms with Crippen LogP contribution in [0.5, 0.6) is 0 Å². The van der Waals surface area contributed by atoms with Gasteiger partial charge >= 0.3 is 39.6 Å². The van der Waals surface area contributed by atoms with Gasteiger partial charge in [0.15, 0.2) is 0 Å². The zero-order chi connectivity index (χ0) is 49.2. The molecule has 0 heterocycles. The number of rotatable bonds is 3. The van der Waals surface area contributed by atoms with Crippen molar-refractivity contribution in [3.05, 3.63) is 247 Å². The molecule has 0 N–H and O–H groups in total. The summed E-state index contributed by atoms with van der Waals surface area (Å²) in [7, 11) is 0. The Balaban J connectivity index is 0.000000160. The van der Waals surface area contributed by atoms with Gasteiger partial charge < -0.3 is 29.7 Å². The van der Waals surface area contributed by atoms with Gasteiger partial charge in [0.2, 0.25) is 0 Å². The van der Waals surface area contributed by atoms with Crippen LogP contribution in [-0.4, -0.2) is 0 Å². The molecule has 410 valence electrons. The zero-order valence-electron chi connectivity index (χ0n) is 48.0. The maximum Gasteiger partial charge on any atom is 2.00 e. The molecule has 0 unspecified atom stereocenters. The van der Waals surface area contributed by atoms with E-state index in [1.165, 1.54) is 223 Å². The van der Waals surface area contributed by atoms with Gasteiger partial charge in [0.05, 0.1) is 0 Å². The molecule has 12 aromatic carbocycles. The van der Waals surface area contributed by atoms with Crippen LogP contribution in [0.4, 0.5) is 0 Å². The molecule has 16 rings (SSSR count). The normalized spacial score (nSPS) is 15.2. The minimum absolute atomic E-state index is 0. The van der Waals surface area contributed by atoms with Gasteiger partial charge in [-0.2, -0.15) is 0 Å². The predicted octanol–water partition coefficient (Wildman–Crippen LogP) is 24.2. The van der Waals surface area contributed by atoms with Crippen molar-refractivity contribution in [1.82, 2.24) is 0 Å². The molecule has 0 radical (unpaired) electrons. The first kappa shape index (κ1) is 61.9. The van der Waals surface area contributed by atoms with E-state index in [2.05, 4.69) is 200 Å². The van der Waals surface area contributed by atoms with Crippen LogP contribution in [-0.2, 0) is 39.6 Å². The predicted molar refractivity (Wildman–Crippen MR) is 349 cm³/mol. The minimum Gasteiger partial charge on any atom is -0.358 e. The van der Waals surface area contributed by atoms with Gasteiger partial charge in [0.25, 0.3) is 0 Å². The molecular formula is C78H82Os2. The van der Waals surface area contributed by atoms with Crippen LogP contribution in [0.1, 0.15) is 144 Å². The van der Waals surface area contributed by atoms with E-state index in [0.29, 0.717) is 0 Å². The molecule has 4 saturated carbocycles. The Hall–Kier alpha value is -5.75. The molecule has 4 fully saturated rings. The average molecular weight is 1400 g/mol. The number of fused-ring (bicyclic) bond motifs is 18. The average Bonchev–Trinajstić information content (AvgIpc) is 4.48. The fourth-order valence-electron chi connectivity index (χ4n) is 14.2. The van der Waals surface area contributed by atoms with E-state index in [-0.39, 0.29) is 69.3 Å². The summed E-state index contributed by atoms with van der Waals surface area (Å²) in [4.78, 5) is 0. The van der Waals surface area contributed by atoms with E-state index in [9.17, 15) is 0 Å². The fraction of sp³-hybridized carbons (Fsp3) is 0.256. The van der Waals surface area contributed by atoms with Gasteiger partial charge in [-0.3, -0.25) is 0 Å². The van der Waals surface area contributed by atoms with Crippen molar-refractivity contribution >= 4 is 97.0 Å². The summed E-state index contributed by atoms with van der Waals surface area (Å²) in [6.07, 6.45) is 24.0. The SMILES string of the molecule is C1CCCC1.[CH3-].[CH3-].[CH3-].[CH3-].[Os+2].[Os+2].c1ccc2c(c1)c1ccccc1c1cc(C3CCCC3)ccc21.c1ccc2c(c1)c1ccccc1c1cc(C3CCCC3)ccc21.c1ccc2c(c1)c1ccccc1c1cc(C3CCCC3)ccc21. The van der Waals surface area contributed by atoms with Crippen LogP contribution in [0.25, 0.3) is 97.0 Å². The van der Waals surface area contributed by atoms with Crippen LogP contribution in [0.2, 0.25) is 0 Å². The Labute approximate surface area is 506 Å². The molecule has 0 spiro atoms. The second-order valence-corrected chi connectivity index (χ2v) is 22.4. The van der Waals surface area contributed by atoms with Crippen LogP contribution >= 0.6 is 0 Å². The number of benzene rings is 12. The Morgan fingerprint density at radius 2 is 0.325 bits per heavy atom. The third-order valence-electron chi connectivity index (χ3n) is 18.0. The number of hydrogen-bond donors (Lipinski definition) is 0. The van der Waals surface area contributed by atoms with Gasteiger partial charge in [-0.25, -0.2) is 0 Å². The fourth-order valence-corrected chi connectivity index (χ4v) is 14.2. The Morgan fingerprint density at radius 1 is 0.175 bits per heavy atom. The standard InChI is InChI=1S/3C23H20.C5H10.4CH3.2Os/c3*1-2-8-16(7-1)17-13-14-22-20-11-4-3-9-18(20)19-10-5-6-12-21(19)23(22)15-17;1-2-4-5-3-1;;;;;;/h3*3-6,9-16H,1-2,7-8H2;1-5H2;4*1H3;;/q;;;;4*-1;2*+2. The summed E-state index contributed by atoms with van der Waals surface area (Å²) in [6, 6.07) is 74.7. The first-order valence-electron chi connectivity index (χ1n) is 28.7. The molecule has 0 aromatic heterocycles. The summed E-state index contributed by atoms with van der Waals surface area (Å²) in [5, 5.41) is 24.9. The zero-order valence-corrected chi connectivity index (χ0v) is 53.1. The van der Waals surface area contributed by atoms with Crippen molar-refractivity contribution in [2.24, 2.45) is 0 Å². The van der Waals surface area contributed by atoms with E-state index < -0.39 is 0 Å². The molecule has 0 aliphatic heterocycles. The molecule has 0 nitrogen and oxygen atoms in total. The van der Waals surface area contributed by atoms with Gasteiger partial charge in [-0.15, -0.1) is 0 Å². The van der Waals surface area contributed by atoms with Gasteiger partial charge in [0.1, 0.15) is 0 Å². The van der Waals surface area contributed by atoms with Gasteiger partial charge in [-0.05, 0) is 170 Å². The van der Waals surface area contributed by atoms with Crippen molar-refractivity contribution in [2.45, 2.75) is 127 Å². The largest absolute Gasteiger partial charge is 2.00 e. The second-order valence-electron chi connectivity index (χ2n) is 22.4. The van der Waals surface area contributed by atoms with E-state index in [0.717, 1.165) is 17.8 Å². The molecule has 0 atom stereocenters. The van der Waals surface area contributed by atoms with E-state index in [4.69, 9.17) is 0 Å². The van der Waals surface area contributed by atoms with Crippen LogP contribution < -0.4 is 0 Å². The van der Waals surface area contributed by atoms with Crippen LogP contribution in [0.3, 0.4) is 0 Å². The third kappa shape index (κ3) is 12.2. The maximum absolute atomic E-state index is 2.47. The first-order chi connectivity index (χ1) is 36.7. The van der Waals surface area contributed by atoms with Crippen LogP contribution in [0, 0.1) is 29.7 Å². The van der Waals surface area contributed by atoms with E-state index in [1.807, 2.05) is 0 Å². The Bertz CT molecular complexity index is 3460. The molecule has 80 heavy (non-hydrogen) atoms. The molecule has 12 aromatic rings. The van der Waals surface area contributed by atoms with E-state index in [1.54, 1.807) is 0 Å². The van der Waals surface area contributed by atoms with Crippen LogP contribution in [0.15, 0.2) is 200 Å². The molecule has 0 bridgehead atoms. The monoisotopic (exact) mass is 1400 g/mol. The van der Waals surface area contributed by atoms with Crippen molar-refractivity contribution in [3.63, 3.8) is 0 Å². The summed E-state index contributed by atoms with van der Waals surface area (Å²) >= 11 is 0. The second kappa shape index (κ2) is 28.3. The molecular weight excluding hydrogens is 1320 g/mol. The van der Waals surface area contributed by atoms with Gasteiger partial charge in [0, 0.05) is 0 Å².